The zero-order valence-corrected chi connectivity index (χ0v) is 77.0. The highest BCUT2D eigenvalue weighted by Crippen LogP contribution is 2.57. The lowest BCUT2D eigenvalue weighted by atomic mass is 9.33. The fourth-order valence-corrected chi connectivity index (χ4v) is 20.2. The number of anilines is 6. The molecule has 4 heterocycles. The third-order valence-electron chi connectivity index (χ3n) is 27.1. The molecule has 0 atom stereocenters. The number of para-hydroxylation sites is 4. The Morgan fingerprint density at radius 2 is 0.512 bits per heavy atom. The summed E-state index contributed by atoms with van der Waals surface area (Å²) in [6.07, 6.45) is 0. The molecular formula is C120H117BN2O2. The quantitative estimate of drug-likeness (QED) is 0.0903. The topological polar surface area (TPSA) is 32.8 Å². The van der Waals surface area contributed by atoms with Gasteiger partial charge in [-0.05, 0) is 211 Å². The van der Waals surface area contributed by atoms with Crippen LogP contribution in [0.25, 0.3) is 133 Å². The van der Waals surface area contributed by atoms with Crippen LogP contribution in [0.4, 0.5) is 34.1 Å². The molecule has 15 aromatic carbocycles. The van der Waals surface area contributed by atoms with Crippen molar-refractivity contribution in [3.63, 3.8) is 0 Å². The van der Waals surface area contributed by atoms with Gasteiger partial charge in [0.05, 0.1) is 11.4 Å². The number of hydrogen-bond acceptors (Lipinski definition) is 4. The molecule has 125 heavy (non-hydrogen) atoms. The average molecular weight is 1630 g/mol. The molecule has 0 amide bonds. The second-order valence-corrected chi connectivity index (χ2v) is 40.6. The van der Waals surface area contributed by atoms with Gasteiger partial charge >= 0.3 is 0 Å². The largest absolute Gasteiger partial charge is 0.455 e. The normalized spacial score (nSPS) is 13.1. The van der Waals surface area contributed by atoms with E-state index in [0.29, 0.717) is 11.8 Å². The van der Waals surface area contributed by atoms with Gasteiger partial charge in [-0.1, -0.05) is 388 Å². The van der Waals surface area contributed by atoms with E-state index < -0.39 is 0 Å². The van der Waals surface area contributed by atoms with Crippen molar-refractivity contribution in [2.75, 3.05) is 9.80 Å². The molecule has 4 nitrogen and oxygen atoms in total. The van der Waals surface area contributed by atoms with E-state index in [1.54, 1.807) is 0 Å². The molecule has 2 aromatic heterocycles. The lowest BCUT2D eigenvalue weighted by molar-refractivity contribution is 0.590. The standard InChI is InChI=1S/C120H117BN2O2/c1-70(2)82-58-95(72(5)6)109(96(59-82)73(7)8)93-52-36-50-91-89-48-34-46-87(114(89)124-116(91)93)80-54-56-105-103(62-80)121-104-63-81(88-47-35-49-90-92-51-37-53-94(117(92)125-115(88)90)110-97(74(9)10)60-83(71(3)4)61-98(110)75(11)12)55-57-106(104)123(113-101(78-42-30-24-31-43-78)66-85(119(16,17)18)67-102(113)79-44-32-25-33-45-79)108-69-86(120(19,20)21)68-107(111(108)121)122(105)112-99(76-38-26-22-27-39-76)64-84(118(13,14)15)65-100(112)77-40-28-23-29-41-77/h22-75H,1-21H3. The predicted molar refractivity (Wildman–Crippen MR) is 539 cm³/mol. The monoisotopic (exact) mass is 1630 g/mol. The molecule has 0 fully saturated rings. The molecule has 17 aromatic rings. The van der Waals surface area contributed by atoms with Gasteiger partial charge in [-0.15, -0.1) is 0 Å². The first-order chi connectivity index (χ1) is 59.9. The Morgan fingerprint density at radius 3 is 0.784 bits per heavy atom. The van der Waals surface area contributed by atoms with Crippen molar-refractivity contribution in [1.29, 1.82) is 0 Å². The van der Waals surface area contributed by atoms with Crippen LogP contribution in [0.3, 0.4) is 0 Å². The molecular weight excluding hydrogens is 1510 g/mol. The fourth-order valence-electron chi connectivity index (χ4n) is 20.2. The summed E-state index contributed by atoms with van der Waals surface area (Å²) >= 11 is 0. The molecule has 0 spiro atoms. The summed E-state index contributed by atoms with van der Waals surface area (Å²) in [6.45, 7) is 49.1. The number of hydrogen-bond donors (Lipinski definition) is 0. The lowest BCUT2D eigenvalue weighted by Gasteiger charge is -2.47. The van der Waals surface area contributed by atoms with E-state index in [-0.39, 0.29) is 46.6 Å². The van der Waals surface area contributed by atoms with Gasteiger partial charge in [-0.2, -0.15) is 0 Å². The zero-order valence-electron chi connectivity index (χ0n) is 77.0. The molecule has 0 aliphatic carbocycles. The SMILES string of the molecule is CC(C)c1cc(C(C)C)c(-c2cccc3c2oc2c(-c4ccc5c(c4)B4c6cc(-c7cccc8c7oc7c(-c9c(C(C)C)cc(C(C)C)cc9C(C)C)cccc78)ccc6N(c6c(-c7ccccc7)cc(C(C)(C)C)cc6-c6ccccc6)c6cc(C(C)(C)C)cc(c64)N5c4c(-c5ccccc5)cc(C(C)(C)C)cc4-c4ccccc4)cccc23)c(C(C)C)c1. The van der Waals surface area contributed by atoms with Crippen LogP contribution in [-0.4, -0.2) is 6.71 Å². The number of furan rings is 2. The maximum atomic E-state index is 7.78. The summed E-state index contributed by atoms with van der Waals surface area (Å²) < 4.78 is 15.6. The first kappa shape index (κ1) is 82.2. The Bertz CT molecular complexity index is 6490. The van der Waals surface area contributed by atoms with Crippen molar-refractivity contribution in [2.45, 2.75) is 197 Å². The summed E-state index contributed by atoms with van der Waals surface area (Å²) in [4.78, 5) is 5.45. The van der Waals surface area contributed by atoms with E-state index in [4.69, 9.17) is 8.83 Å². The minimum Gasteiger partial charge on any atom is -0.455 e. The maximum Gasteiger partial charge on any atom is 0.252 e. The Morgan fingerprint density at radius 1 is 0.240 bits per heavy atom. The average Bonchev–Trinajstić information content (AvgIpc) is 0.791. The van der Waals surface area contributed by atoms with Gasteiger partial charge in [-0.3, -0.25) is 0 Å². The Hall–Kier alpha value is -12.4. The van der Waals surface area contributed by atoms with Gasteiger partial charge in [0.25, 0.3) is 6.71 Å². The first-order valence-electron chi connectivity index (χ1n) is 45.8. The van der Waals surface area contributed by atoms with Crippen LogP contribution in [0.2, 0.25) is 0 Å². The van der Waals surface area contributed by atoms with E-state index in [1.165, 1.54) is 77.6 Å². The lowest BCUT2D eigenvalue weighted by Crippen LogP contribution is -2.61. The van der Waals surface area contributed by atoms with Crippen LogP contribution >= 0.6 is 0 Å². The Kier molecular flexibility index (Phi) is 20.6. The zero-order chi connectivity index (χ0) is 87.3. The molecule has 0 radical (unpaired) electrons. The number of benzene rings is 15. The van der Waals surface area contributed by atoms with Gasteiger partial charge in [0, 0.05) is 88.8 Å². The molecule has 0 N–H and O–H groups in total. The van der Waals surface area contributed by atoms with Crippen LogP contribution in [-0.2, 0) is 16.2 Å². The second-order valence-electron chi connectivity index (χ2n) is 40.6. The molecule has 2 aliphatic heterocycles. The van der Waals surface area contributed by atoms with E-state index >= 15 is 0 Å². The van der Waals surface area contributed by atoms with Gasteiger partial charge < -0.3 is 18.6 Å². The summed E-state index contributed by atoms with van der Waals surface area (Å²) in [6, 6.07) is 112. The third kappa shape index (κ3) is 14.2. The molecule has 19 rings (SSSR count). The van der Waals surface area contributed by atoms with Crippen LogP contribution in [0, 0.1) is 0 Å². The van der Waals surface area contributed by atoms with Gasteiger partial charge in [0.1, 0.15) is 22.3 Å². The van der Waals surface area contributed by atoms with Crippen molar-refractivity contribution in [1.82, 2.24) is 0 Å². The van der Waals surface area contributed by atoms with E-state index in [1.807, 2.05) is 0 Å². The first-order valence-corrected chi connectivity index (χ1v) is 45.8. The van der Waals surface area contributed by atoms with Crippen molar-refractivity contribution < 1.29 is 8.83 Å². The molecule has 0 saturated heterocycles. The molecule has 0 saturated carbocycles. The molecule has 622 valence electrons. The molecule has 0 unspecified atom stereocenters. The van der Waals surface area contributed by atoms with Gasteiger partial charge in [0.15, 0.2) is 0 Å². The molecule has 5 heteroatoms. The van der Waals surface area contributed by atoms with Gasteiger partial charge in [-0.25, -0.2) is 0 Å². The van der Waals surface area contributed by atoms with Crippen molar-refractivity contribution in [3.8, 4) is 89.0 Å². The van der Waals surface area contributed by atoms with Gasteiger partial charge in [0.2, 0.25) is 0 Å². The number of fused-ring (bicyclic) bond motifs is 10. The van der Waals surface area contributed by atoms with Crippen molar-refractivity contribution in [2.24, 2.45) is 0 Å². The number of nitrogens with zero attached hydrogens (tertiary/aromatic N) is 2. The van der Waals surface area contributed by atoms with E-state index in [0.717, 1.165) is 156 Å². The second kappa shape index (κ2) is 31.4. The van der Waals surface area contributed by atoms with Crippen molar-refractivity contribution in [3.05, 3.63) is 341 Å². The number of rotatable bonds is 16. The minimum atomic E-state index is -0.367. The Labute approximate surface area is 742 Å². The molecule has 2 aliphatic rings. The third-order valence-corrected chi connectivity index (χ3v) is 27.1. The highest BCUT2D eigenvalue weighted by molar-refractivity contribution is 7.00. The summed E-state index contributed by atoms with van der Waals surface area (Å²) in [7, 11) is 0. The minimum absolute atomic E-state index is 0.221. The van der Waals surface area contributed by atoms with E-state index in [9.17, 15) is 0 Å². The summed E-state index contributed by atoms with van der Waals surface area (Å²) in [5.41, 5.74) is 43.3. The van der Waals surface area contributed by atoms with Crippen LogP contribution < -0.4 is 26.2 Å². The smallest absolute Gasteiger partial charge is 0.252 e. The summed E-state index contributed by atoms with van der Waals surface area (Å²) in [5.74, 6) is 1.89. The van der Waals surface area contributed by atoms with E-state index in [2.05, 4.69) is 446 Å². The van der Waals surface area contributed by atoms with Crippen LogP contribution in [0.15, 0.2) is 300 Å². The molecule has 0 bridgehead atoms. The highest BCUT2D eigenvalue weighted by atomic mass is 16.3. The predicted octanol–water partition coefficient (Wildman–Crippen LogP) is 33.5. The van der Waals surface area contributed by atoms with Crippen LogP contribution in [0.1, 0.15) is 231 Å². The summed E-state index contributed by atoms with van der Waals surface area (Å²) in [5, 5.41) is 4.41. The maximum absolute atomic E-state index is 7.78. The van der Waals surface area contributed by atoms with Crippen molar-refractivity contribution >= 4 is 101 Å². The fraction of sp³-hybridized carbons (Fsp3) is 0.250. The Balaban J connectivity index is 0.966. The van der Waals surface area contributed by atoms with Crippen LogP contribution in [0.5, 0.6) is 0 Å². The highest BCUT2D eigenvalue weighted by Gasteiger charge is 2.47.